The number of para-hydroxylation sites is 1. The monoisotopic (exact) mass is 250 g/mol. The second kappa shape index (κ2) is 5.15. The molecule has 17 heavy (non-hydrogen) atoms. The molecule has 0 atom stereocenters. The van der Waals surface area contributed by atoms with E-state index in [0.717, 1.165) is 18.0 Å². The number of furan rings is 1. The molecule has 0 fully saturated rings. The fourth-order valence-corrected chi connectivity index (χ4v) is 2.11. The second-order valence-corrected chi connectivity index (χ2v) is 4.18. The Morgan fingerprint density at radius 2 is 2.12 bits per heavy atom. The number of nitrogen functional groups attached to an aromatic ring is 1. The van der Waals surface area contributed by atoms with Crippen LogP contribution in [0, 0.1) is 0 Å². The van der Waals surface area contributed by atoms with E-state index in [9.17, 15) is 0 Å². The molecule has 2 rings (SSSR count). The zero-order chi connectivity index (χ0) is 12.3. The van der Waals surface area contributed by atoms with Crippen LogP contribution < -0.4 is 10.6 Å². The lowest BCUT2D eigenvalue weighted by atomic mass is 10.2. The van der Waals surface area contributed by atoms with Crippen LogP contribution in [-0.2, 0) is 6.54 Å². The van der Waals surface area contributed by atoms with Gasteiger partial charge in [-0.1, -0.05) is 17.7 Å². The fourth-order valence-electron chi connectivity index (χ4n) is 1.81. The van der Waals surface area contributed by atoms with E-state index in [1.165, 1.54) is 0 Å². The van der Waals surface area contributed by atoms with Crippen LogP contribution in [0.4, 0.5) is 11.4 Å². The Morgan fingerprint density at radius 3 is 2.71 bits per heavy atom. The minimum absolute atomic E-state index is 0.664. The molecule has 2 N–H and O–H groups in total. The third kappa shape index (κ3) is 2.56. The summed E-state index contributed by atoms with van der Waals surface area (Å²) in [6.45, 7) is 3.54. The maximum Gasteiger partial charge on any atom is 0.123 e. The number of benzene rings is 1. The third-order valence-electron chi connectivity index (χ3n) is 2.64. The zero-order valence-corrected chi connectivity index (χ0v) is 10.4. The number of hydrogen-bond donors (Lipinski definition) is 1. The molecule has 0 unspecified atom stereocenters. The van der Waals surface area contributed by atoms with Gasteiger partial charge in [0.2, 0.25) is 0 Å². The van der Waals surface area contributed by atoms with Crippen molar-refractivity contribution in [2.45, 2.75) is 13.5 Å². The predicted octanol–water partition coefficient (Wildman–Crippen LogP) is 3.54. The summed E-state index contributed by atoms with van der Waals surface area (Å²) < 4.78 is 5.34. The van der Waals surface area contributed by atoms with Gasteiger partial charge in [-0.05, 0) is 31.2 Å². The molecule has 0 amide bonds. The molecule has 0 aliphatic rings. The smallest absolute Gasteiger partial charge is 0.123 e. The lowest BCUT2D eigenvalue weighted by Gasteiger charge is -2.24. The number of hydrogen-bond acceptors (Lipinski definition) is 3. The van der Waals surface area contributed by atoms with Gasteiger partial charge in [-0.3, -0.25) is 0 Å². The SMILES string of the molecule is CCN(Cc1ccco1)c1c(N)cccc1Cl. The number of rotatable bonds is 4. The topological polar surface area (TPSA) is 42.4 Å². The predicted molar refractivity (Wildman–Crippen MR) is 71.3 cm³/mol. The largest absolute Gasteiger partial charge is 0.467 e. The van der Waals surface area contributed by atoms with E-state index in [1.807, 2.05) is 30.3 Å². The average molecular weight is 251 g/mol. The molecule has 0 saturated heterocycles. The second-order valence-electron chi connectivity index (χ2n) is 3.77. The van der Waals surface area contributed by atoms with E-state index in [2.05, 4.69) is 11.8 Å². The van der Waals surface area contributed by atoms with Crippen molar-refractivity contribution in [1.82, 2.24) is 0 Å². The summed E-state index contributed by atoms with van der Waals surface area (Å²) in [5, 5.41) is 0.665. The molecule has 1 aromatic carbocycles. The van der Waals surface area contributed by atoms with E-state index in [4.69, 9.17) is 21.8 Å². The number of anilines is 2. The lowest BCUT2D eigenvalue weighted by molar-refractivity contribution is 0.504. The van der Waals surface area contributed by atoms with Crippen molar-refractivity contribution < 1.29 is 4.42 Å². The summed E-state index contributed by atoms with van der Waals surface area (Å²) in [6.07, 6.45) is 1.67. The van der Waals surface area contributed by atoms with Crippen LogP contribution in [0.15, 0.2) is 41.0 Å². The van der Waals surface area contributed by atoms with Gasteiger partial charge in [-0.25, -0.2) is 0 Å². The van der Waals surface area contributed by atoms with Gasteiger partial charge >= 0.3 is 0 Å². The summed E-state index contributed by atoms with van der Waals surface area (Å²) in [5.74, 6) is 0.895. The van der Waals surface area contributed by atoms with Crippen LogP contribution in [0.25, 0.3) is 0 Å². The Labute approximate surface area is 106 Å². The van der Waals surface area contributed by atoms with Gasteiger partial charge < -0.3 is 15.1 Å². The highest BCUT2D eigenvalue weighted by atomic mass is 35.5. The van der Waals surface area contributed by atoms with Crippen molar-refractivity contribution in [1.29, 1.82) is 0 Å². The molecule has 0 aliphatic carbocycles. The summed E-state index contributed by atoms with van der Waals surface area (Å²) in [4.78, 5) is 2.09. The highest BCUT2D eigenvalue weighted by Crippen LogP contribution is 2.32. The van der Waals surface area contributed by atoms with Gasteiger partial charge in [-0.2, -0.15) is 0 Å². The van der Waals surface area contributed by atoms with E-state index in [-0.39, 0.29) is 0 Å². The highest BCUT2D eigenvalue weighted by molar-refractivity contribution is 6.33. The van der Waals surface area contributed by atoms with Gasteiger partial charge in [0.15, 0.2) is 0 Å². The van der Waals surface area contributed by atoms with Crippen LogP contribution in [0.3, 0.4) is 0 Å². The van der Waals surface area contributed by atoms with Gasteiger partial charge in [0.05, 0.1) is 29.2 Å². The van der Waals surface area contributed by atoms with Crippen LogP contribution in [-0.4, -0.2) is 6.54 Å². The van der Waals surface area contributed by atoms with Crippen molar-refractivity contribution in [3.8, 4) is 0 Å². The van der Waals surface area contributed by atoms with Crippen LogP contribution >= 0.6 is 11.6 Å². The lowest BCUT2D eigenvalue weighted by Crippen LogP contribution is -2.23. The molecule has 0 bridgehead atoms. The van der Waals surface area contributed by atoms with E-state index >= 15 is 0 Å². The molecular weight excluding hydrogens is 236 g/mol. The average Bonchev–Trinajstić information content (AvgIpc) is 2.80. The molecular formula is C13H15ClN2O. The van der Waals surface area contributed by atoms with Crippen molar-refractivity contribution >= 4 is 23.0 Å². The van der Waals surface area contributed by atoms with Gasteiger partial charge in [0, 0.05) is 6.54 Å². The Morgan fingerprint density at radius 1 is 1.29 bits per heavy atom. The summed E-state index contributed by atoms with van der Waals surface area (Å²) >= 11 is 6.19. The summed E-state index contributed by atoms with van der Waals surface area (Å²) in [7, 11) is 0. The van der Waals surface area contributed by atoms with Gasteiger partial charge in [-0.15, -0.1) is 0 Å². The summed E-state index contributed by atoms with van der Waals surface area (Å²) in [5.41, 5.74) is 7.52. The van der Waals surface area contributed by atoms with Gasteiger partial charge in [0.1, 0.15) is 5.76 Å². The Bertz CT molecular complexity index is 462. The van der Waals surface area contributed by atoms with Crippen molar-refractivity contribution in [2.75, 3.05) is 17.2 Å². The Balaban J connectivity index is 2.29. The highest BCUT2D eigenvalue weighted by Gasteiger charge is 2.13. The molecule has 90 valence electrons. The quantitative estimate of drug-likeness (QED) is 0.844. The normalized spacial score (nSPS) is 10.5. The standard InChI is InChI=1S/C13H15ClN2O/c1-2-16(9-10-5-4-8-17-10)13-11(14)6-3-7-12(13)15/h3-8H,2,9,15H2,1H3. The molecule has 4 heteroatoms. The van der Waals surface area contributed by atoms with E-state index in [0.29, 0.717) is 17.3 Å². The van der Waals surface area contributed by atoms with Crippen molar-refractivity contribution in [2.24, 2.45) is 0 Å². The van der Waals surface area contributed by atoms with Crippen LogP contribution in [0.1, 0.15) is 12.7 Å². The molecule has 3 nitrogen and oxygen atoms in total. The molecule has 2 aromatic rings. The maximum absolute atomic E-state index is 6.19. The first-order valence-corrected chi connectivity index (χ1v) is 5.91. The Kier molecular flexibility index (Phi) is 3.59. The van der Waals surface area contributed by atoms with Crippen molar-refractivity contribution in [3.05, 3.63) is 47.4 Å². The maximum atomic E-state index is 6.19. The first-order chi connectivity index (χ1) is 8.22. The minimum Gasteiger partial charge on any atom is -0.467 e. The number of halogens is 1. The van der Waals surface area contributed by atoms with E-state index in [1.54, 1.807) is 6.26 Å². The molecule has 1 heterocycles. The zero-order valence-electron chi connectivity index (χ0n) is 9.69. The number of nitrogens with zero attached hydrogens (tertiary/aromatic N) is 1. The first kappa shape index (κ1) is 11.9. The summed E-state index contributed by atoms with van der Waals surface area (Å²) in [6, 6.07) is 9.36. The first-order valence-electron chi connectivity index (χ1n) is 5.53. The van der Waals surface area contributed by atoms with Crippen LogP contribution in [0.2, 0.25) is 5.02 Å². The number of nitrogens with two attached hydrogens (primary N) is 1. The fraction of sp³-hybridized carbons (Fsp3) is 0.231. The van der Waals surface area contributed by atoms with Crippen molar-refractivity contribution in [3.63, 3.8) is 0 Å². The third-order valence-corrected chi connectivity index (χ3v) is 2.95. The van der Waals surface area contributed by atoms with E-state index < -0.39 is 0 Å². The molecule has 1 aromatic heterocycles. The van der Waals surface area contributed by atoms with Crippen LogP contribution in [0.5, 0.6) is 0 Å². The molecule has 0 radical (unpaired) electrons. The van der Waals surface area contributed by atoms with Gasteiger partial charge in [0.25, 0.3) is 0 Å². The molecule has 0 saturated carbocycles. The molecule has 0 aliphatic heterocycles. The Hall–Kier alpha value is -1.61. The molecule has 0 spiro atoms. The minimum atomic E-state index is 0.664.